The molecule has 0 bridgehead atoms. The van der Waals surface area contributed by atoms with E-state index in [0.717, 1.165) is 22.9 Å². The molecule has 3 rings (SSSR count). The molecule has 0 aliphatic heterocycles. The second kappa shape index (κ2) is 8.92. The molecule has 2 aromatic carbocycles. The quantitative estimate of drug-likeness (QED) is 0.621. The van der Waals surface area contributed by atoms with Crippen molar-refractivity contribution in [3.05, 3.63) is 71.8 Å². The first kappa shape index (κ1) is 19.9. The van der Waals surface area contributed by atoms with E-state index in [1.165, 1.54) is 6.07 Å². The van der Waals surface area contributed by atoms with Gasteiger partial charge in [0.25, 0.3) is 0 Å². The number of thioether (sulfide) groups is 1. The van der Waals surface area contributed by atoms with Crippen molar-refractivity contribution in [2.75, 3.05) is 11.1 Å². The molecule has 0 radical (unpaired) electrons. The molecule has 6 nitrogen and oxygen atoms in total. The highest BCUT2D eigenvalue weighted by Crippen LogP contribution is 2.30. The van der Waals surface area contributed by atoms with Gasteiger partial charge in [-0.3, -0.25) is 4.79 Å². The van der Waals surface area contributed by atoms with Gasteiger partial charge >= 0.3 is 0 Å². The SMILES string of the molecule is C[C@H](Sc1nc(N)c(C#N)cc1C#N)C(=O)Nc1ccccc1-c1ccccc1. The van der Waals surface area contributed by atoms with Crippen LogP contribution in [0.1, 0.15) is 18.1 Å². The van der Waals surface area contributed by atoms with E-state index >= 15 is 0 Å². The number of nitrogens with two attached hydrogens (primary N) is 1. The Kier molecular flexibility index (Phi) is 6.13. The van der Waals surface area contributed by atoms with E-state index in [1.54, 1.807) is 6.92 Å². The molecule has 1 aromatic heterocycles. The summed E-state index contributed by atoms with van der Waals surface area (Å²) in [6.45, 7) is 1.72. The number of carbonyl (C=O) groups excluding carboxylic acids is 1. The van der Waals surface area contributed by atoms with Crippen LogP contribution in [0.5, 0.6) is 0 Å². The predicted octanol–water partition coefficient (Wildman–Crippen LogP) is 4.19. The van der Waals surface area contributed by atoms with Gasteiger partial charge in [0.1, 0.15) is 23.0 Å². The Labute approximate surface area is 173 Å². The Hall–Kier alpha value is -3.81. The minimum absolute atomic E-state index is 0.0380. The lowest BCUT2D eigenvalue weighted by molar-refractivity contribution is -0.115. The van der Waals surface area contributed by atoms with Crippen LogP contribution in [0.15, 0.2) is 65.7 Å². The van der Waals surface area contributed by atoms with Gasteiger partial charge in [-0.25, -0.2) is 4.98 Å². The van der Waals surface area contributed by atoms with Crippen LogP contribution in [0.2, 0.25) is 0 Å². The van der Waals surface area contributed by atoms with Crippen molar-refractivity contribution in [1.29, 1.82) is 10.5 Å². The van der Waals surface area contributed by atoms with Crippen molar-refractivity contribution >= 4 is 29.2 Å². The van der Waals surface area contributed by atoms with Gasteiger partial charge in [0.05, 0.1) is 16.4 Å². The van der Waals surface area contributed by atoms with Gasteiger partial charge in [-0.1, -0.05) is 60.3 Å². The van der Waals surface area contributed by atoms with Crippen LogP contribution in [0.3, 0.4) is 0 Å². The zero-order valence-electron chi connectivity index (χ0n) is 15.6. The molecule has 0 spiro atoms. The lowest BCUT2D eigenvalue weighted by atomic mass is 10.0. The summed E-state index contributed by atoms with van der Waals surface area (Å²) in [6, 6.07) is 22.6. The molecule has 1 heterocycles. The molecule has 0 aliphatic rings. The van der Waals surface area contributed by atoms with Crippen LogP contribution >= 0.6 is 11.8 Å². The van der Waals surface area contributed by atoms with Crippen molar-refractivity contribution in [2.45, 2.75) is 17.2 Å². The maximum Gasteiger partial charge on any atom is 0.237 e. The van der Waals surface area contributed by atoms with Gasteiger partial charge in [-0.2, -0.15) is 10.5 Å². The summed E-state index contributed by atoms with van der Waals surface area (Å²) in [5.74, 6) is -0.192. The highest BCUT2D eigenvalue weighted by Gasteiger charge is 2.20. The smallest absolute Gasteiger partial charge is 0.237 e. The molecule has 0 fully saturated rings. The molecule has 0 saturated heterocycles. The molecule has 7 heteroatoms. The van der Waals surface area contributed by atoms with Gasteiger partial charge in [0.15, 0.2) is 0 Å². The zero-order valence-corrected chi connectivity index (χ0v) is 16.4. The Bertz CT molecular complexity index is 1130. The van der Waals surface area contributed by atoms with Gasteiger partial charge in [-0.05, 0) is 24.6 Å². The molecular formula is C22H17N5OS. The average molecular weight is 399 g/mol. The first-order chi connectivity index (χ1) is 14.0. The Balaban J connectivity index is 1.81. The predicted molar refractivity (Wildman–Crippen MR) is 114 cm³/mol. The maximum atomic E-state index is 12.8. The third-order valence-electron chi connectivity index (χ3n) is 4.19. The molecular weight excluding hydrogens is 382 g/mol. The standard InChI is InChI=1S/C22H17N5OS/c1-14(29-22-17(13-24)11-16(12-23)20(25)27-22)21(28)26-19-10-6-5-9-18(19)15-7-3-2-4-8-15/h2-11,14H,1H3,(H2,25,27)(H,26,28)/t14-/m0/s1. The van der Waals surface area contributed by atoms with Crippen molar-refractivity contribution in [3.8, 4) is 23.3 Å². The Morgan fingerprint density at radius 3 is 2.41 bits per heavy atom. The van der Waals surface area contributed by atoms with Crippen LogP contribution in [0.25, 0.3) is 11.1 Å². The molecule has 3 N–H and O–H groups in total. The molecule has 142 valence electrons. The van der Waals surface area contributed by atoms with Gasteiger partial charge in [0, 0.05) is 11.3 Å². The van der Waals surface area contributed by atoms with Crippen LogP contribution < -0.4 is 11.1 Å². The van der Waals surface area contributed by atoms with E-state index in [1.807, 2.05) is 66.7 Å². The normalized spacial score (nSPS) is 11.1. The zero-order chi connectivity index (χ0) is 20.8. The Morgan fingerprint density at radius 2 is 1.72 bits per heavy atom. The second-order valence-electron chi connectivity index (χ2n) is 6.16. The average Bonchev–Trinajstić information content (AvgIpc) is 2.75. The number of para-hydroxylation sites is 1. The minimum Gasteiger partial charge on any atom is -0.383 e. The van der Waals surface area contributed by atoms with Crippen molar-refractivity contribution in [2.24, 2.45) is 0 Å². The van der Waals surface area contributed by atoms with E-state index in [4.69, 9.17) is 11.0 Å². The molecule has 29 heavy (non-hydrogen) atoms. The number of amides is 1. The number of nitrogen functional groups attached to an aromatic ring is 1. The summed E-state index contributed by atoms with van der Waals surface area (Å²) in [6.07, 6.45) is 0. The van der Waals surface area contributed by atoms with Crippen LogP contribution in [-0.2, 0) is 4.79 Å². The number of benzene rings is 2. The van der Waals surface area contributed by atoms with Gasteiger partial charge in [-0.15, -0.1) is 0 Å². The number of pyridine rings is 1. The number of aromatic nitrogens is 1. The fourth-order valence-corrected chi connectivity index (χ4v) is 3.57. The fourth-order valence-electron chi connectivity index (χ4n) is 2.69. The molecule has 0 aliphatic carbocycles. The van der Waals surface area contributed by atoms with Crippen molar-refractivity contribution < 1.29 is 4.79 Å². The number of nitrogens with one attached hydrogen (secondary N) is 1. The fraction of sp³-hybridized carbons (Fsp3) is 0.0909. The summed E-state index contributed by atoms with van der Waals surface area (Å²) in [5.41, 5.74) is 8.72. The first-order valence-electron chi connectivity index (χ1n) is 8.76. The van der Waals surface area contributed by atoms with E-state index < -0.39 is 5.25 Å². The van der Waals surface area contributed by atoms with Crippen molar-refractivity contribution in [3.63, 3.8) is 0 Å². The van der Waals surface area contributed by atoms with Gasteiger partial charge < -0.3 is 11.1 Å². The molecule has 0 saturated carbocycles. The monoisotopic (exact) mass is 399 g/mol. The second-order valence-corrected chi connectivity index (χ2v) is 7.49. The van der Waals surface area contributed by atoms with E-state index in [2.05, 4.69) is 10.3 Å². The lowest BCUT2D eigenvalue weighted by Crippen LogP contribution is -2.23. The van der Waals surface area contributed by atoms with Crippen LogP contribution in [0, 0.1) is 22.7 Å². The molecule has 0 unspecified atom stereocenters. The number of nitrogens with zero attached hydrogens (tertiary/aromatic N) is 3. The van der Waals surface area contributed by atoms with E-state index in [0.29, 0.717) is 10.7 Å². The number of anilines is 2. The summed E-state index contributed by atoms with van der Waals surface area (Å²) < 4.78 is 0. The summed E-state index contributed by atoms with van der Waals surface area (Å²) in [5, 5.41) is 21.1. The lowest BCUT2D eigenvalue weighted by Gasteiger charge is -2.15. The molecule has 3 aromatic rings. The highest BCUT2D eigenvalue weighted by atomic mass is 32.2. The third-order valence-corrected chi connectivity index (χ3v) is 5.29. The van der Waals surface area contributed by atoms with Crippen LogP contribution in [-0.4, -0.2) is 16.1 Å². The largest absolute Gasteiger partial charge is 0.383 e. The molecule has 1 atom stereocenters. The number of carbonyl (C=O) groups is 1. The topological polar surface area (TPSA) is 116 Å². The Morgan fingerprint density at radius 1 is 1.07 bits per heavy atom. The highest BCUT2D eigenvalue weighted by molar-refractivity contribution is 8.00. The number of rotatable bonds is 5. The van der Waals surface area contributed by atoms with Crippen LogP contribution in [0.4, 0.5) is 11.5 Å². The van der Waals surface area contributed by atoms with E-state index in [9.17, 15) is 10.1 Å². The number of nitriles is 2. The van der Waals surface area contributed by atoms with E-state index in [-0.39, 0.29) is 22.9 Å². The summed E-state index contributed by atoms with van der Waals surface area (Å²) in [7, 11) is 0. The maximum absolute atomic E-state index is 12.8. The summed E-state index contributed by atoms with van der Waals surface area (Å²) in [4.78, 5) is 16.9. The van der Waals surface area contributed by atoms with Crippen molar-refractivity contribution in [1.82, 2.24) is 4.98 Å². The van der Waals surface area contributed by atoms with Gasteiger partial charge in [0.2, 0.25) is 5.91 Å². The first-order valence-corrected chi connectivity index (χ1v) is 9.64. The third kappa shape index (κ3) is 4.55. The minimum atomic E-state index is -0.536. The number of hydrogen-bond donors (Lipinski definition) is 2. The summed E-state index contributed by atoms with van der Waals surface area (Å²) >= 11 is 1.12. The molecule has 1 amide bonds. The number of hydrogen-bond acceptors (Lipinski definition) is 6.